The van der Waals surface area contributed by atoms with E-state index in [1.807, 2.05) is 0 Å². The van der Waals surface area contributed by atoms with Gasteiger partial charge in [-0.15, -0.1) is 0 Å². The summed E-state index contributed by atoms with van der Waals surface area (Å²) in [7, 11) is 0. The summed E-state index contributed by atoms with van der Waals surface area (Å²) in [6, 6.07) is 93.3. The molecule has 12 aromatic carbocycles. The van der Waals surface area contributed by atoms with E-state index in [4.69, 9.17) is 0 Å². The molecule has 0 fully saturated rings. The van der Waals surface area contributed by atoms with Gasteiger partial charge in [0.25, 0.3) is 0 Å². The lowest BCUT2D eigenvalue weighted by atomic mass is 9.95. The Morgan fingerprint density at radius 3 is 1.55 bits per heavy atom. The molecule has 0 radical (unpaired) electrons. The first-order chi connectivity index (χ1) is 32.7. The minimum atomic E-state index is 1.09. The van der Waals surface area contributed by atoms with Crippen LogP contribution in [0.15, 0.2) is 255 Å². The van der Waals surface area contributed by atoms with Crippen LogP contribution in [0.4, 0.5) is 17.1 Å². The minimum absolute atomic E-state index is 1.09. The number of fused-ring (bicyclic) bond motifs is 9. The molecule has 0 unspecified atom stereocenters. The van der Waals surface area contributed by atoms with Crippen molar-refractivity contribution in [2.45, 2.75) is 0 Å². The van der Waals surface area contributed by atoms with Crippen LogP contribution < -0.4 is 4.90 Å². The number of aromatic nitrogens is 1. The van der Waals surface area contributed by atoms with Gasteiger partial charge in [-0.05, 0) is 149 Å². The summed E-state index contributed by atoms with van der Waals surface area (Å²) < 4.78 is 2.39. The predicted molar refractivity (Wildman–Crippen MR) is 282 cm³/mol. The second-order valence-electron chi connectivity index (χ2n) is 17.3. The Bertz CT molecular complexity index is 3990. The van der Waals surface area contributed by atoms with Crippen LogP contribution in [0.25, 0.3) is 104 Å². The highest BCUT2D eigenvalue weighted by Gasteiger charge is 2.18. The summed E-state index contributed by atoms with van der Waals surface area (Å²) in [6.07, 6.45) is 0. The van der Waals surface area contributed by atoms with Gasteiger partial charge in [-0.1, -0.05) is 182 Å². The van der Waals surface area contributed by atoms with Crippen LogP contribution in [0.5, 0.6) is 0 Å². The topological polar surface area (TPSA) is 8.17 Å². The molecule has 308 valence electrons. The molecule has 1 heterocycles. The third-order valence-corrected chi connectivity index (χ3v) is 13.5. The Morgan fingerprint density at radius 2 is 0.773 bits per heavy atom. The van der Waals surface area contributed by atoms with E-state index in [9.17, 15) is 0 Å². The second-order valence-corrected chi connectivity index (χ2v) is 17.3. The molecule has 0 saturated carbocycles. The van der Waals surface area contributed by atoms with Crippen LogP contribution >= 0.6 is 0 Å². The van der Waals surface area contributed by atoms with Crippen molar-refractivity contribution in [3.05, 3.63) is 255 Å². The molecule has 0 aliphatic carbocycles. The first-order valence-corrected chi connectivity index (χ1v) is 22.7. The SMILES string of the molecule is c1ccc(-n2c3ccccc3c3c(-c4cccc(-c5cccc(N(c6ccc(-c7ccc8c(ccc9ccccc98)c7)cc6)c6ccc7c(ccc8ccccc87)c6)c5)c4)cccc32)cc1. The molecule has 0 bridgehead atoms. The monoisotopic (exact) mass is 838 g/mol. The van der Waals surface area contributed by atoms with Gasteiger partial charge in [-0.3, -0.25) is 0 Å². The van der Waals surface area contributed by atoms with E-state index in [2.05, 4.69) is 264 Å². The van der Waals surface area contributed by atoms with Crippen molar-refractivity contribution in [3.8, 4) is 39.1 Å². The Kier molecular flexibility index (Phi) is 8.89. The maximum Gasteiger partial charge on any atom is 0.0547 e. The third-order valence-electron chi connectivity index (χ3n) is 13.5. The molecule has 0 saturated heterocycles. The van der Waals surface area contributed by atoms with Crippen LogP contribution in [0.3, 0.4) is 0 Å². The van der Waals surface area contributed by atoms with Crippen molar-refractivity contribution in [1.82, 2.24) is 4.57 Å². The van der Waals surface area contributed by atoms with Gasteiger partial charge < -0.3 is 9.47 Å². The highest BCUT2D eigenvalue weighted by molar-refractivity contribution is 6.16. The number of rotatable bonds is 7. The Morgan fingerprint density at radius 1 is 0.258 bits per heavy atom. The van der Waals surface area contributed by atoms with Crippen LogP contribution in [0.1, 0.15) is 0 Å². The summed E-state index contributed by atoms with van der Waals surface area (Å²) in [5, 5.41) is 12.6. The fraction of sp³-hybridized carbons (Fsp3) is 0. The van der Waals surface area contributed by atoms with Crippen LogP contribution in [0.2, 0.25) is 0 Å². The average Bonchev–Trinajstić information content (AvgIpc) is 3.74. The molecule has 2 heteroatoms. The molecule has 0 N–H and O–H groups in total. The molecule has 0 atom stereocenters. The molecule has 0 aliphatic rings. The third kappa shape index (κ3) is 6.34. The average molecular weight is 839 g/mol. The van der Waals surface area contributed by atoms with E-state index in [0.29, 0.717) is 0 Å². The summed E-state index contributed by atoms with van der Waals surface area (Å²) in [5.74, 6) is 0. The van der Waals surface area contributed by atoms with Gasteiger partial charge in [-0.25, -0.2) is 0 Å². The molecule has 0 spiro atoms. The summed E-state index contributed by atoms with van der Waals surface area (Å²) in [6.45, 7) is 0. The largest absolute Gasteiger partial charge is 0.310 e. The van der Waals surface area contributed by atoms with E-state index in [1.165, 1.54) is 92.7 Å². The number of hydrogen-bond donors (Lipinski definition) is 0. The van der Waals surface area contributed by atoms with Gasteiger partial charge in [0.2, 0.25) is 0 Å². The standard InChI is InChI=1S/C64H42N2/c1-2-18-52(19-3-1)66-62-25-9-8-23-61(62)64-60(24-12-26-63(64)66)49-17-10-15-46(39-49)47-16-11-20-54(41-47)65(55-36-38-59-51(42-55)30-28-45-14-5-7-22-57(45)59)53-34-31-43(32-35-53)48-33-37-58-50(40-48)29-27-44-13-4-6-21-56(44)58/h1-42H. The fourth-order valence-electron chi connectivity index (χ4n) is 10.4. The number of para-hydroxylation sites is 2. The fourth-order valence-corrected chi connectivity index (χ4v) is 10.4. The highest BCUT2D eigenvalue weighted by atomic mass is 15.1. The minimum Gasteiger partial charge on any atom is -0.310 e. The van der Waals surface area contributed by atoms with Gasteiger partial charge in [0.15, 0.2) is 0 Å². The lowest BCUT2D eigenvalue weighted by Crippen LogP contribution is -2.10. The second kappa shape index (κ2) is 15.5. The molecule has 13 rings (SSSR count). The van der Waals surface area contributed by atoms with Gasteiger partial charge in [0, 0.05) is 33.5 Å². The van der Waals surface area contributed by atoms with E-state index in [-0.39, 0.29) is 0 Å². The smallest absolute Gasteiger partial charge is 0.0547 e. The van der Waals surface area contributed by atoms with Gasteiger partial charge in [0.1, 0.15) is 0 Å². The van der Waals surface area contributed by atoms with Crippen LogP contribution in [-0.4, -0.2) is 4.57 Å². The zero-order valence-corrected chi connectivity index (χ0v) is 36.1. The molecule has 2 nitrogen and oxygen atoms in total. The van der Waals surface area contributed by atoms with Gasteiger partial charge in [-0.2, -0.15) is 0 Å². The molecule has 0 aliphatic heterocycles. The van der Waals surface area contributed by atoms with Crippen molar-refractivity contribution >= 4 is 82.0 Å². The molecular weight excluding hydrogens is 797 g/mol. The number of nitrogens with zero attached hydrogens (tertiary/aromatic N) is 2. The van der Waals surface area contributed by atoms with E-state index in [1.54, 1.807) is 0 Å². The molecule has 13 aromatic rings. The molecule has 0 amide bonds. The Balaban J connectivity index is 0.918. The zero-order chi connectivity index (χ0) is 43.6. The maximum atomic E-state index is 2.40. The molecule has 66 heavy (non-hydrogen) atoms. The lowest BCUT2D eigenvalue weighted by Gasteiger charge is -2.27. The first-order valence-electron chi connectivity index (χ1n) is 22.7. The predicted octanol–water partition coefficient (Wildman–Crippen LogP) is 17.9. The summed E-state index contributed by atoms with van der Waals surface area (Å²) in [5.41, 5.74) is 14.0. The lowest BCUT2D eigenvalue weighted by molar-refractivity contribution is 1.18. The maximum absolute atomic E-state index is 2.40. The summed E-state index contributed by atoms with van der Waals surface area (Å²) in [4.78, 5) is 2.40. The van der Waals surface area contributed by atoms with Crippen molar-refractivity contribution in [3.63, 3.8) is 0 Å². The van der Waals surface area contributed by atoms with Crippen LogP contribution in [-0.2, 0) is 0 Å². The molecular formula is C64H42N2. The number of anilines is 3. The van der Waals surface area contributed by atoms with Gasteiger partial charge >= 0.3 is 0 Å². The van der Waals surface area contributed by atoms with Crippen molar-refractivity contribution < 1.29 is 0 Å². The highest BCUT2D eigenvalue weighted by Crippen LogP contribution is 2.42. The van der Waals surface area contributed by atoms with Crippen molar-refractivity contribution in [2.75, 3.05) is 4.90 Å². The number of hydrogen-bond acceptors (Lipinski definition) is 1. The van der Waals surface area contributed by atoms with Gasteiger partial charge in [0.05, 0.1) is 11.0 Å². The number of benzene rings is 12. The van der Waals surface area contributed by atoms with Crippen LogP contribution in [0, 0.1) is 0 Å². The van der Waals surface area contributed by atoms with E-state index in [0.717, 1.165) is 28.3 Å². The Hall–Kier alpha value is -8.72. The molecule has 1 aromatic heterocycles. The first kappa shape index (κ1) is 37.8. The zero-order valence-electron chi connectivity index (χ0n) is 36.1. The normalized spacial score (nSPS) is 11.6. The van der Waals surface area contributed by atoms with Crippen molar-refractivity contribution in [2.24, 2.45) is 0 Å². The van der Waals surface area contributed by atoms with E-state index < -0.39 is 0 Å². The Labute approximate surface area is 383 Å². The summed E-state index contributed by atoms with van der Waals surface area (Å²) >= 11 is 0. The quantitative estimate of drug-likeness (QED) is 0.145. The van der Waals surface area contributed by atoms with E-state index >= 15 is 0 Å². The van der Waals surface area contributed by atoms with Crippen molar-refractivity contribution in [1.29, 1.82) is 0 Å².